The molecule has 0 radical (unpaired) electrons. The number of rotatable bonds is 9. The fourth-order valence-corrected chi connectivity index (χ4v) is 6.99. The third-order valence-electron chi connectivity index (χ3n) is 8.55. The Kier molecular flexibility index (Phi) is 11.9. The quantitative estimate of drug-likeness (QED) is 0.253. The molecule has 0 aromatic heterocycles. The van der Waals surface area contributed by atoms with Crippen LogP contribution in [0.2, 0.25) is 0 Å². The van der Waals surface area contributed by atoms with Crippen LogP contribution < -0.4 is 5.32 Å². The summed E-state index contributed by atoms with van der Waals surface area (Å²) in [5, 5.41) is 13.2. The van der Waals surface area contributed by atoms with Crippen LogP contribution >= 0.6 is 11.8 Å². The molecule has 8 heteroatoms. The van der Waals surface area contributed by atoms with Crippen molar-refractivity contribution in [1.29, 1.82) is 0 Å². The number of allylic oxidation sites excluding steroid dienone is 2. The number of carbonyl (C=O) groups excluding carboxylic acids is 3. The molecule has 3 aromatic rings. The molecular weight excluding hydrogens is 584 g/mol. The average molecular weight is 627 g/mol. The van der Waals surface area contributed by atoms with Crippen LogP contribution in [0.25, 0.3) is 0 Å². The number of fused-ring (bicyclic) bond motifs is 1. The number of carbonyl (C=O) groups is 3. The molecule has 3 aromatic carbocycles. The van der Waals surface area contributed by atoms with Crippen LogP contribution in [0.3, 0.4) is 0 Å². The van der Waals surface area contributed by atoms with E-state index in [1.165, 1.54) is 5.56 Å². The number of hydrogen-bond donors (Lipinski definition) is 2. The van der Waals surface area contributed by atoms with E-state index in [1.807, 2.05) is 84.9 Å². The number of hydrogen-bond acceptors (Lipinski definition) is 6. The number of amides is 2. The Morgan fingerprint density at radius 2 is 1.51 bits per heavy atom. The first kappa shape index (κ1) is 32.5. The van der Waals surface area contributed by atoms with Crippen LogP contribution in [0.1, 0.15) is 41.5 Å². The van der Waals surface area contributed by atoms with Crippen molar-refractivity contribution >= 4 is 29.5 Å². The molecule has 236 valence electrons. The first-order valence-electron chi connectivity index (χ1n) is 15.7. The number of nitrogens with one attached hydrogen (secondary N) is 1. The molecule has 2 aliphatic heterocycles. The normalized spacial score (nSPS) is 22.4. The molecule has 5 rings (SSSR count). The van der Waals surface area contributed by atoms with E-state index in [0.29, 0.717) is 38.0 Å². The van der Waals surface area contributed by atoms with E-state index < -0.39 is 12.0 Å². The number of aliphatic hydroxyl groups is 1. The summed E-state index contributed by atoms with van der Waals surface area (Å²) in [6.07, 6.45) is 5.89. The van der Waals surface area contributed by atoms with Gasteiger partial charge in [-0.1, -0.05) is 97.1 Å². The lowest BCUT2D eigenvalue weighted by molar-refractivity contribution is -0.149. The van der Waals surface area contributed by atoms with Crippen molar-refractivity contribution in [3.63, 3.8) is 0 Å². The summed E-state index contributed by atoms with van der Waals surface area (Å²) in [7, 11) is 0. The lowest BCUT2D eigenvalue weighted by Gasteiger charge is -2.36. The lowest BCUT2D eigenvalue weighted by atomic mass is 9.92. The number of cyclic esters (lactones) is 1. The van der Waals surface area contributed by atoms with Crippen LogP contribution in [0.5, 0.6) is 0 Å². The Morgan fingerprint density at radius 3 is 2.22 bits per heavy atom. The van der Waals surface area contributed by atoms with Crippen molar-refractivity contribution in [2.75, 3.05) is 19.0 Å². The van der Waals surface area contributed by atoms with Crippen molar-refractivity contribution in [3.05, 3.63) is 119 Å². The minimum atomic E-state index is -0.588. The van der Waals surface area contributed by atoms with Gasteiger partial charge in [0.1, 0.15) is 6.61 Å². The van der Waals surface area contributed by atoms with Crippen molar-refractivity contribution in [3.8, 4) is 0 Å². The Labute approximate surface area is 270 Å². The minimum Gasteiger partial charge on any atom is -0.463 e. The van der Waals surface area contributed by atoms with E-state index in [9.17, 15) is 19.5 Å². The van der Waals surface area contributed by atoms with E-state index in [1.54, 1.807) is 16.7 Å². The molecule has 0 aliphatic carbocycles. The summed E-state index contributed by atoms with van der Waals surface area (Å²) < 4.78 is 5.83. The van der Waals surface area contributed by atoms with Gasteiger partial charge in [-0.05, 0) is 47.9 Å². The smallest absolute Gasteiger partial charge is 0.309 e. The summed E-state index contributed by atoms with van der Waals surface area (Å²) in [5.74, 6) is -0.264. The van der Waals surface area contributed by atoms with Crippen LogP contribution in [-0.2, 0) is 44.3 Å². The summed E-state index contributed by atoms with van der Waals surface area (Å²) in [6, 6.07) is 27.3. The molecule has 0 spiro atoms. The maximum Gasteiger partial charge on any atom is 0.309 e. The highest BCUT2D eigenvalue weighted by Gasteiger charge is 2.33. The summed E-state index contributed by atoms with van der Waals surface area (Å²) in [6.45, 7) is 0.351. The topological polar surface area (TPSA) is 95.9 Å². The molecule has 4 atom stereocenters. The van der Waals surface area contributed by atoms with Crippen molar-refractivity contribution in [1.82, 2.24) is 10.2 Å². The molecule has 0 bridgehead atoms. The first-order chi connectivity index (χ1) is 22.0. The van der Waals surface area contributed by atoms with Crippen LogP contribution in [0.4, 0.5) is 0 Å². The van der Waals surface area contributed by atoms with Gasteiger partial charge in [0.15, 0.2) is 0 Å². The minimum absolute atomic E-state index is 0.0337. The summed E-state index contributed by atoms with van der Waals surface area (Å²) in [5.41, 5.74) is 4.45. The van der Waals surface area contributed by atoms with Gasteiger partial charge in [-0.2, -0.15) is 11.8 Å². The maximum absolute atomic E-state index is 13.7. The molecule has 0 saturated carbocycles. The number of benzene rings is 3. The zero-order chi connectivity index (χ0) is 31.4. The summed E-state index contributed by atoms with van der Waals surface area (Å²) >= 11 is 1.67. The maximum atomic E-state index is 13.7. The monoisotopic (exact) mass is 626 g/mol. The molecule has 45 heavy (non-hydrogen) atoms. The third kappa shape index (κ3) is 9.31. The Hall–Kier alpha value is -3.88. The first-order valence-corrected chi connectivity index (χ1v) is 16.9. The van der Waals surface area contributed by atoms with Crippen molar-refractivity contribution in [2.24, 2.45) is 11.8 Å². The molecular formula is C37H42N2O5S. The lowest BCUT2D eigenvalue weighted by Crippen LogP contribution is -2.48. The van der Waals surface area contributed by atoms with Gasteiger partial charge in [0.05, 0.1) is 30.5 Å². The van der Waals surface area contributed by atoms with Gasteiger partial charge in [-0.25, -0.2) is 0 Å². The second kappa shape index (κ2) is 16.4. The third-order valence-corrected chi connectivity index (χ3v) is 9.72. The Balaban J connectivity index is 1.31. The van der Waals surface area contributed by atoms with Gasteiger partial charge in [-0.3, -0.25) is 14.4 Å². The molecule has 2 aliphatic rings. The second-order valence-corrected chi connectivity index (χ2v) is 12.9. The number of aliphatic hydroxyl groups excluding tert-OH is 1. The second-order valence-electron chi connectivity index (χ2n) is 11.9. The average Bonchev–Trinajstić information content (AvgIpc) is 3.07. The number of thioether (sulfide) groups is 1. The van der Waals surface area contributed by atoms with E-state index in [2.05, 4.69) is 17.4 Å². The van der Waals surface area contributed by atoms with E-state index >= 15 is 0 Å². The van der Waals surface area contributed by atoms with Crippen molar-refractivity contribution < 1.29 is 24.2 Å². The predicted octanol–water partition coefficient (Wildman–Crippen LogP) is 5.11. The Bertz CT molecular complexity index is 1450. The van der Waals surface area contributed by atoms with Gasteiger partial charge in [0, 0.05) is 24.5 Å². The predicted molar refractivity (Wildman–Crippen MR) is 177 cm³/mol. The fraction of sp³-hybridized carbons (Fsp3) is 0.378. The molecule has 7 nitrogen and oxygen atoms in total. The fourth-order valence-electron chi connectivity index (χ4n) is 5.98. The highest BCUT2D eigenvalue weighted by Crippen LogP contribution is 2.26. The zero-order valence-corrected chi connectivity index (χ0v) is 26.4. The highest BCUT2D eigenvalue weighted by atomic mass is 32.2. The van der Waals surface area contributed by atoms with Gasteiger partial charge in [-0.15, -0.1) is 0 Å². The number of esters is 1. The van der Waals surface area contributed by atoms with Crippen LogP contribution in [-0.4, -0.2) is 58.8 Å². The molecule has 2 N–H and O–H groups in total. The zero-order valence-electron chi connectivity index (χ0n) is 25.6. The highest BCUT2D eigenvalue weighted by molar-refractivity contribution is 7.98. The SMILES string of the molecule is O=C1N[C@@H](CSCc2ccccc2)COC(=O)[C@H](Cc2ccccc2)CC=CC[C@@H]1CC(=O)N1Cc2ccccc2C[C@H]1CO. The van der Waals surface area contributed by atoms with Crippen LogP contribution in [0, 0.1) is 11.8 Å². The Morgan fingerprint density at radius 1 is 0.867 bits per heavy atom. The number of ether oxygens (including phenoxy) is 1. The standard InChI is InChI=1S/C37H42N2O5S/c40-23-34-20-29-15-7-10-18-32(29)22-39(34)35(41)21-30-16-8-9-17-31(19-27-11-3-1-4-12-27)37(43)44-24-33(38-36(30)42)26-45-25-28-13-5-2-6-14-28/h1-15,18,30-31,33-34,40H,16-17,19-26H2,(H,38,42)/t30-,31+,33-,34+/m1/s1. The molecule has 0 unspecified atom stereocenters. The van der Waals surface area contributed by atoms with E-state index in [0.717, 1.165) is 22.4 Å². The molecule has 2 amide bonds. The van der Waals surface area contributed by atoms with Gasteiger partial charge < -0.3 is 20.1 Å². The van der Waals surface area contributed by atoms with Gasteiger partial charge >= 0.3 is 5.97 Å². The van der Waals surface area contributed by atoms with E-state index in [4.69, 9.17) is 4.74 Å². The molecule has 2 heterocycles. The largest absolute Gasteiger partial charge is 0.463 e. The van der Waals surface area contributed by atoms with E-state index in [-0.39, 0.29) is 49.4 Å². The van der Waals surface area contributed by atoms with Crippen LogP contribution in [0.15, 0.2) is 97.1 Å². The number of nitrogens with zero attached hydrogens (tertiary/aromatic N) is 1. The van der Waals surface area contributed by atoms with Crippen molar-refractivity contribution in [2.45, 2.75) is 56.5 Å². The van der Waals surface area contributed by atoms with Gasteiger partial charge in [0.2, 0.25) is 11.8 Å². The molecule has 0 saturated heterocycles. The van der Waals surface area contributed by atoms with Gasteiger partial charge in [0.25, 0.3) is 0 Å². The molecule has 0 fully saturated rings. The summed E-state index contributed by atoms with van der Waals surface area (Å²) in [4.78, 5) is 42.4.